The number of hydrogen-bond acceptors (Lipinski definition) is 5. The fourth-order valence-corrected chi connectivity index (χ4v) is 3.66. The normalized spacial score (nSPS) is 11.3. The molecule has 116 valence electrons. The maximum absolute atomic E-state index is 14.0. The molecule has 0 spiro atoms. The topological polar surface area (TPSA) is 66.2 Å². The highest BCUT2D eigenvalue weighted by Crippen LogP contribution is 2.43. The molecule has 2 heterocycles. The van der Waals surface area contributed by atoms with Gasteiger partial charge >= 0.3 is 6.09 Å². The van der Waals surface area contributed by atoms with Crippen molar-refractivity contribution < 1.29 is 13.9 Å². The molecule has 2 rings (SSSR count). The van der Waals surface area contributed by atoms with E-state index in [0.717, 1.165) is 17.5 Å². The average molecular weight is 342 g/mol. The Morgan fingerprint density at radius 2 is 2.18 bits per heavy atom. The Balaban J connectivity index is 2.85. The minimum atomic E-state index is -0.671. The molecular formula is C14H13ClFN3O2S. The molecule has 0 saturated heterocycles. The summed E-state index contributed by atoms with van der Waals surface area (Å²) in [6, 6.07) is 1.99. The number of amides is 1. The highest BCUT2D eigenvalue weighted by Gasteiger charge is 2.34. The first-order valence-electron chi connectivity index (χ1n) is 6.27. The van der Waals surface area contributed by atoms with E-state index >= 15 is 0 Å². The molecular weight excluding hydrogens is 329 g/mol. The number of methoxy groups -OCH3 is 1. The number of aromatic nitrogens is 1. The first-order valence-corrected chi connectivity index (χ1v) is 7.46. The van der Waals surface area contributed by atoms with E-state index in [9.17, 15) is 14.4 Å². The predicted octanol–water partition coefficient (Wildman–Crippen LogP) is 4.33. The third kappa shape index (κ3) is 2.60. The molecule has 1 amide bonds. The zero-order valence-electron chi connectivity index (χ0n) is 12.4. The van der Waals surface area contributed by atoms with Crippen molar-refractivity contribution in [2.75, 3.05) is 12.0 Å². The third-order valence-electron chi connectivity index (χ3n) is 2.95. The van der Waals surface area contributed by atoms with E-state index in [1.807, 2.05) is 6.07 Å². The Morgan fingerprint density at radius 3 is 2.68 bits per heavy atom. The van der Waals surface area contributed by atoms with Gasteiger partial charge in [0.1, 0.15) is 16.2 Å². The molecule has 22 heavy (non-hydrogen) atoms. The molecule has 0 atom stereocenters. The van der Waals surface area contributed by atoms with Crippen LogP contribution < -0.4 is 4.90 Å². The highest BCUT2D eigenvalue weighted by molar-refractivity contribution is 7.23. The molecule has 2 aromatic rings. The molecule has 0 N–H and O–H groups in total. The van der Waals surface area contributed by atoms with E-state index in [4.69, 9.17) is 16.3 Å². The third-order valence-corrected chi connectivity index (χ3v) is 4.42. The van der Waals surface area contributed by atoms with Crippen LogP contribution in [-0.2, 0) is 4.74 Å². The van der Waals surface area contributed by atoms with E-state index in [1.54, 1.807) is 20.8 Å². The van der Waals surface area contributed by atoms with E-state index < -0.39 is 17.4 Å². The van der Waals surface area contributed by atoms with Crippen LogP contribution in [-0.4, -0.2) is 23.7 Å². The van der Waals surface area contributed by atoms with Crippen molar-refractivity contribution in [2.45, 2.75) is 26.3 Å². The number of anilines is 1. The largest absolute Gasteiger partial charge is 0.452 e. The lowest BCUT2D eigenvalue weighted by molar-refractivity contribution is 0.173. The number of ether oxygens (including phenoxy) is 1. The number of rotatable bonds is 1. The predicted molar refractivity (Wildman–Crippen MR) is 83.9 cm³/mol. The van der Waals surface area contributed by atoms with Crippen LogP contribution in [0.4, 0.5) is 14.2 Å². The smallest absolute Gasteiger partial charge is 0.415 e. The summed E-state index contributed by atoms with van der Waals surface area (Å²) in [5.41, 5.74) is -0.562. The Bertz CT molecular complexity index is 792. The second kappa shape index (κ2) is 5.71. The summed E-state index contributed by atoms with van der Waals surface area (Å²) in [5.74, 6) is -0.592. The Hall–Kier alpha value is -1.91. The van der Waals surface area contributed by atoms with E-state index in [2.05, 4.69) is 4.98 Å². The molecule has 0 bridgehead atoms. The number of halogens is 2. The Kier molecular flexibility index (Phi) is 4.27. The van der Waals surface area contributed by atoms with Gasteiger partial charge in [-0.3, -0.25) is 4.90 Å². The van der Waals surface area contributed by atoms with Gasteiger partial charge in [0.2, 0.25) is 0 Å². The quantitative estimate of drug-likeness (QED) is 0.724. The van der Waals surface area contributed by atoms with Crippen molar-refractivity contribution in [3.63, 3.8) is 0 Å². The summed E-state index contributed by atoms with van der Waals surface area (Å²) in [4.78, 5) is 17.2. The fraction of sp³-hybridized carbons (Fsp3) is 0.357. The van der Waals surface area contributed by atoms with E-state index in [1.165, 1.54) is 12.0 Å². The highest BCUT2D eigenvalue weighted by atomic mass is 35.5. The van der Waals surface area contributed by atoms with Crippen LogP contribution in [0.3, 0.4) is 0 Å². The van der Waals surface area contributed by atoms with Crippen LogP contribution in [0, 0.1) is 17.1 Å². The summed E-state index contributed by atoms with van der Waals surface area (Å²) in [7, 11) is 1.25. The fourth-order valence-electron chi connectivity index (χ4n) is 2.03. The summed E-state index contributed by atoms with van der Waals surface area (Å²) >= 11 is 6.97. The van der Waals surface area contributed by atoms with E-state index in [0.29, 0.717) is 0 Å². The summed E-state index contributed by atoms with van der Waals surface area (Å²) in [6.45, 7) is 5.35. The lowest BCUT2D eigenvalue weighted by Crippen LogP contribution is -2.45. The number of thiophene rings is 1. The monoisotopic (exact) mass is 341 g/mol. The van der Waals surface area contributed by atoms with Gasteiger partial charge in [0.15, 0.2) is 5.82 Å². The molecule has 0 aliphatic heterocycles. The first-order chi connectivity index (χ1) is 10.2. The molecule has 0 aliphatic carbocycles. The summed E-state index contributed by atoms with van der Waals surface area (Å²) < 4.78 is 19.0. The summed E-state index contributed by atoms with van der Waals surface area (Å²) in [6.07, 6.45) is 0.353. The number of carbonyl (C=O) groups is 1. The van der Waals surface area contributed by atoms with Gasteiger partial charge in [-0.25, -0.2) is 14.2 Å². The van der Waals surface area contributed by atoms with Gasteiger partial charge in [0, 0.05) is 5.54 Å². The summed E-state index contributed by atoms with van der Waals surface area (Å²) in [5, 5.41) is 9.97. The number of fused-ring (bicyclic) bond motifs is 1. The molecule has 2 aromatic heterocycles. The molecule has 5 nitrogen and oxygen atoms in total. The van der Waals surface area contributed by atoms with Crippen LogP contribution in [0.1, 0.15) is 26.3 Å². The zero-order valence-corrected chi connectivity index (χ0v) is 14.0. The van der Waals surface area contributed by atoms with Crippen molar-refractivity contribution in [2.24, 2.45) is 0 Å². The number of nitriles is 1. The standard InChI is InChI=1S/C14H13ClFN3O2S/c1-14(2,3)19(13(20)21-4)12-7(5-17)9-10(22-12)8(16)6-18-11(9)15/h6H,1-4H3. The Labute approximate surface area is 135 Å². The van der Waals surface area contributed by atoms with Crippen LogP contribution in [0.15, 0.2) is 6.20 Å². The van der Waals surface area contributed by atoms with Gasteiger partial charge in [-0.05, 0) is 20.8 Å². The average Bonchev–Trinajstić information content (AvgIpc) is 2.81. The van der Waals surface area contributed by atoms with Crippen LogP contribution in [0.2, 0.25) is 5.15 Å². The first kappa shape index (κ1) is 16.5. The maximum atomic E-state index is 14.0. The second-order valence-electron chi connectivity index (χ2n) is 5.47. The molecule has 0 aliphatic rings. The van der Waals surface area contributed by atoms with Gasteiger partial charge in [-0.1, -0.05) is 11.6 Å². The molecule has 0 unspecified atom stereocenters. The van der Waals surface area contributed by atoms with Crippen LogP contribution in [0.25, 0.3) is 10.1 Å². The van der Waals surface area contributed by atoms with Gasteiger partial charge in [0.05, 0.1) is 29.0 Å². The number of hydrogen-bond donors (Lipinski definition) is 0. The molecule has 8 heteroatoms. The lowest BCUT2D eigenvalue weighted by Gasteiger charge is -2.33. The van der Waals surface area contributed by atoms with Crippen molar-refractivity contribution in [1.82, 2.24) is 4.98 Å². The van der Waals surface area contributed by atoms with Crippen LogP contribution >= 0.6 is 22.9 Å². The van der Waals surface area contributed by atoms with Crippen molar-refractivity contribution >= 4 is 44.1 Å². The minimum Gasteiger partial charge on any atom is -0.452 e. The molecule has 0 radical (unpaired) electrons. The van der Waals surface area contributed by atoms with Crippen molar-refractivity contribution in [3.8, 4) is 6.07 Å². The lowest BCUT2D eigenvalue weighted by atomic mass is 10.1. The molecule has 0 saturated carbocycles. The number of nitrogens with zero attached hydrogens (tertiary/aromatic N) is 3. The molecule has 0 aromatic carbocycles. The van der Waals surface area contributed by atoms with Crippen molar-refractivity contribution in [1.29, 1.82) is 5.26 Å². The maximum Gasteiger partial charge on any atom is 0.415 e. The van der Waals surface area contributed by atoms with Gasteiger partial charge < -0.3 is 4.74 Å². The van der Waals surface area contributed by atoms with Gasteiger partial charge in [-0.2, -0.15) is 5.26 Å². The van der Waals surface area contributed by atoms with Crippen molar-refractivity contribution in [3.05, 3.63) is 22.7 Å². The zero-order chi connectivity index (χ0) is 16.7. The molecule has 0 fully saturated rings. The van der Waals surface area contributed by atoms with E-state index in [-0.39, 0.29) is 25.8 Å². The Morgan fingerprint density at radius 1 is 1.55 bits per heavy atom. The minimum absolute atomic E-state index is 0.0224. The number of pyridine rings is 1. The van der Waals surface area contributed by atoms with Gasteiger partial charge in [0.25, 0.3) is 0 Å². The second-order valence-corrected chi connectivity index (χ2v) is 6.83. The number of carbonyl (C=O) groups excluding carboxylic acids is 1. The van der Waals surface area contributed by atoms with Gasteiger partial charge in [-0.15, -0.1) is 11.3 Å². The van der Waals surface area contributed by atoms with Crippen LogP contribution in [0.5, 0.6) is 0 Å². The SMILES string of the molecule is COC(=O)N(c1sc2c(F)cnc(Cl)c2c1C#N)C(C)(C)C.